The van der Waals surface area contributed by atoms with Gasteiger partial charge in [-0.3, -0.25) is 4.79 Å². The normalized spacial score (nSPS) is 37.3. The predicted molar refractivity (Wildman–Crippen MR) is 38.4 cm³/mol. The number of fused-ring (bicyclic) bond motifs is 1. The van der Waals surface area contributed by atoms with Crippen LogP contribution >= 0.6 is 0 Å². The fourth-order valence-electron chi connectivity index (χ4n) is 1.84. The number of carbonyl (C=O) groups is 1. The molecule has 0 N–H and O–H groups in total. The molecule has 1 saturated heterocycles. The molecule has 1 heterocycles. The minimum atomic E-state index is 0.328. The SMILES string of the molecule is CN1C(=O)[C@@H]2CC=CC[C@H]21. The summed E-state index contributed by atoms with van der Waals surface area (Å²) in [5, 5.41) is 0. The zero-order valence-electron chi connectivity index (χ0n) is 6.08. The van der Waals surface area contributed by atoms with Crippen molar-refractivity contribution in [3.05, 3.63) is 12.2 Å². The van der Waals surface area contributed by atoms with Crippen molar-refractivity contribution >= 4 is 5.91 Å². The minimum absolute atomic E-state index is 0.328. The van der Waals surface area contributed by atoms with Crippen LogP contribution in [0.2, 0.25) is 0 Å². The fourth-order valence-corrected chi connectivity index (χ4v) is 1.84. The van der Waals surface area contributed by atoms with Crippen LogP contribution in [-0.4, -0.2) is 23.9 Å². The molecular formula is C8H11NO. The first-order valence-electron chi connectivity index (χ1n) is 3.72. The van der Waals surface area contributed by atoms with E-state index in [9.17, 15) is 4.79 Å². The van der Waals surface area contributed by atoms with Gasteiger partial charge >= 0.3 is 0 Å². The number of hydrogen-bond donors (Lipinski definition) is 0. The van der Waals surface area contributed by atoms with Crippen LogP contribution in [0, 0.1) is 5.92 Å². The Morgan fingerprint density at radius 3 is 2.90 bits per heavy atom. The zero-order valence-corrected chi connectivity index (χ0v) is 6.08. The number of nitrogens with zero attached hydrogens (tertiary/aromatic N) is 1. The van der Waals surface area contributed by atoms with E-state index in [1.807, 2.05) is 11.9 Å². The monoisotopic (exact) mass is 137 g/mol. The van der Waals surface area contributed by atoms with E-state index in [1.165, 1.54) is 0 Å². The van der Waals surface area contributed by atoms with Crippen molar-refractivity contribution in [2.45, 2.75) is 18.9 Å². The lowest BCUT2D eigenvalue weighted by atomic mass is 9.80. The Kier molecular flexibility index (Phi) is 1.10. The zero-order chi connectivity index (χ0) is 7.14. The Morgan fingerprint density at radius 2 is 2.20 bits per heavy atom. The molecule has 2 aliphatic rings. The third-order valence-corrected chi connectivity index (χ3v) is 2.56. The van der Waals surface area contributed by atoms with Crippen LogP contribution in [0.15, 0.2) is 12.2 Å². The van der Waals surface area contributed by atoms with Gasteiger partial charge in [0.1, 0.15) is 0 Å². The van der Waals surface area contributed by atoms with Gasteiger partial charge in [0.05, 0.1) is 5.92 Å². The smallest absolute Gasteiger partial charge is 0.228 e. The minimum Gasteiger partial charge on any atom is -0.341 e. The first-order valence-corrected chi connectivity index (χ1v) is 3.72. The number of rotatable bonds is 0. The van der Waals surface area contributed by atoms with Crippen LogP contribution in [0.25, 0.3) is 0 Å². The van der Waals surface area contributed by atoms with Crippen LogP contribution in [0.5, 0.6) is 0 Å². The molecule has 0 spiro atoms. The van der Waals surface area contributed by atoms with Crippen molar-refractivity contribution < 1.29 is 4.79 Å². The van der Waals surface area contributed by atoms with E-state index in [0.29, 0.717) is 17.9 Å². The summed E-state index contributed by atoms with van der Waals surface area (Å²) < 4.78 is 0. The number of likely N-dealkylation sites (tertiary alicyclic amines) is 1. The molecule has 1 amide bonds. The van der Waals surface area contributed by atoms with Crippen molar-refractivity contribution in [2.75, 3.05) is 7.05 Å². The molecule has 2 heteroatoms. The van der Waals surface area contributed by atoms with E-state index in [2.05, 4.69) is 12.2 Å². The maximum absolute atomic E-state index is 11.1. The summed E-state index contributed by atoms with van der Waals surface area (Å²) >= 11 is 0. The topological polar surface area (TPSA) is 20.3 Å². The van der Waals surface area contributed by atoms with Gasteiger partial charge in [0, 0.05) is 13.1 Å². The lowest BCUT2D eigenvalue weighted by Crippen LogP contribution is -2.59. The summed E-state index contributed by atoms with van der Waals surface area (Å²) in [7, 11) is 1.89. The number of carbonyl (C=O) groups excluding carboxylic acids is 1. The highest BCUT2D eigenvalue weighted by molar-refractivity contribution is 5.86. The standard InChI is InChI=1S/C8H11NO/c1-9-7-5-3-2-4-6(7)8(9)10/h2-3,6-7H,4-5H2,1H3/t6-,7-/m1/s1. The molecule has 1 fully saturated rings. The van der Waals surface area contributed by atoms with E-state index >= 15 is 0 Å². The molecule has 1 aliphatic carbocycles. The summed E-state index contributed by atoms with van der Waals surface area (Å²) in [5.41, 5.74) is 0. The summed E-state index contributed by atoms with van der Waals surface area (Å²) in [6.07, 6.45) is 6.32. The van der Waals surface area contributed by atoms with E-state index in [-0.39, 0.29) is 0 Å². The average molecular weight is 137 g/mol. The molecule has 2 nitrogen and oxygen atoms in total. The second-order valence-electron chi connectivity index (χ2n) is 3.07. The second-order valence-corrected chi connectivity index (χ2v) is 3.07. The van der Waals surface area contributed by atoms with E-state index in [1.54, 1.807) is 0 Å². The molecule has 0 aromatic heterocycles. The molecule has 0 bridgehead atoms. The van der Waals surface area contributed by atoms with E-state index in [0.717, 1.165) is 12.8 Å². The predicted octanol–water partition coefficient (Wildman–Crippen LogP) is 0.793. The lowest BCUT2D eigenvalue weighted by molar-refractivity contribution is -0.153. The van der Waals surface area contributed by atoms with Gasteiger partial charge in [-0.15, -0.1) is 0 Å². The summed E-state index contributed by atoms with van der Waals surface area (Å²) in [4.78, 5) is 12.9. The summed E-state index contributed by atoms with van der Waals surface area (Å²) in [5.74, 6) is 0.657. The molecule has 54 valence electrons. The lowest BCUT2D eigenvalue weighted by Gasteiger charge is -2.46. The van der Waals surface area contributed by atoms with Gasteiger partial charge in [0.25, 0.3) is 0 Å². The van der Waals surface area contributed by atoms with Crippen LogP contribution in [-0.2, 0) is 4.79 Å². The second kappa shape index (κ2) is 1.84. The van der Waals surface area contributed by atoms with Crippen LogP contribution < -0.4 is 0 Å². The third-order valence-electron chi connectivity index (χ3n) is 2.56. The van der Waals surface area contributed by atoms with Crippen molar-refractivity contribution in [2.24, 2.45) is 5.92 Å². The molecule has 0 saturated carbocycles. The van der Waals surface area contributed by atoms with Crippen molar-refractivity contribution in [1.82, 2.24) is 4.90 Å². The van der Waals surface area contributed by atoms with Gasteiger partial charge < -0.3 is 4.90 Å². The van der Waals surface area contributed by atoms with Crippen molar-refractivity contribution in [1.29, 1.82) is 0 Å². The molecule has 0 unspecified atom stereocenters. The first kappa shape index (κ1) is 5.96. The van der Waals surface area contributed by atoms with E-state index in [4.69, 9.17) is 0 Å². The van der Waals surface area contributed by atoms with Crippen molar-refractivity contribution in [3.63, 3.8) is 0 Å². The molecule has 0 aromatic carbocycles. The van der Waals surface area contributed by atoms with Gasteiger partial charge in [0.15, 0.2) is 0 Å². The molecule has 2 atom stereocenters. The van der Waals surface area contributed by atoms with Gasteiger partial charge in [-0.05, 0) is 12.8 Å². The Morgan fingerprint density at radius 1 is 1.50 bits per heavy atom. The van der Waals surface area contributed by atoms with Gasteiger partial charge in [-0.1, -0.05) is 12.2 Å². The van der Waals surface area contributed by atoms with Crippen LogP contribution in [0.1, 0.15) is 12.8 Å². The number of hydrogen-bond acceptors (Lipinski definition) is 1. The quantitative estimate of drug-likeness (QED) is 0.357. The average Bonchev–Trinajstić information content (AvgIpc) is 2.03. The Bertz CT molecular complexity index is 197. The largest absolute Gasteiger partial charge is 0.341 e. The third kappa shape index (κ3) is 0.564. The van der Waals surface area contributed by atoms with Gasteiger partial charge in [-0.25, -0.2) is 0 Å². The molecule has 2 rings (SSSR count). The number of allylic oxidation sites excluding steroid dienone is 1. The van der Waals surface area contributed by atoms with E-state index < -0.39 is 0 Å². The number of β-lactam (4-membered cyclic amide) rings is 1. The number of amides is 1. The van der Waals surface area contributed by atoms with Gasteiger partial charge in [0.2, 0.25) is 5.91 Å². The highest BCUT2D eigenvalue weighted by Gasteiger charge is 2.44. The maximum Gasteiger partial charge on any atom is 0.228 e. The molecule has 10 heavy (non-hydrogen) atoms. The Hall–Kier alpha value is -0.790. The summed E-state index contributed by atoms with van der Waals surface area (Å²) in [6, 6.07) is 0.525. The van der Waals surface area contributed by atoms with Crippen LogP contribution in [0.3, 0.4) is 0 Å². The Labute approximate surface area is 60.5 Å². The first-order chi connectivity index (χ1) is 4.80. The highest BCUT2D eigenvalue weighted by atomic mass is 16.2. The van der Waals surface area contributed by atoms with Gasteiger partial charge in [-0.2, -0.15) is 0 Å². The fraction of sp³-hybridized carbons (Fsp3) is 0.625. The molecule has 1 aliphatic heterocycles. The van der Waals surface area contributed by atoms with Crippen LogP contribution in [0.4, 0.5) is 0 Å². The molecular weight excluding hydrogens is 126 g/mol. The highest BCUT2D eigenvalue weighted by Crippen LogP contribution is 2.33. The summed E-state index contributed by atoms with van der Waals surface area (Å²) in [6.45, 7) is 0. The Balaban J connectivity index is 2.15. The maximum atomic E-state index is 11.1. The van der Waals surface area contributed by atoms with Crippen molar-refractivity contribution in [3.8, 4) is 0 Å². The molecule has 0 aromatic rings. The molecule has 0 radical (unpaired) electrons.